The van der Waals surface area contributed by atoms with Crippen molar-refractivity contribution < 1.29 is 37.3 Å². The van der Waals surface area contributed by atoms with E-state index in [-0.39, 0.29) is 42.2 Å². The lowest BCUT2D eigenvalue weighted by molar-refractivity contribution is 0.00694. The topological polar surface area (TPSA) is 115 Å². The van der Waals surface area contributed by atoms with E-state index in [0.717, 1.165) is 65.3 Å². The van der Waals surface area contributed by atoms with E-state index in [0.29, 0.717) is 49.6 Å². The number of fused-ring (bicyclic) bond motifs is 3. The van der Waals surface area contributed by atoms with Crippen molar-refractivity contribution in [3.63, 3.8) is 0 Å². The van der Waals surface area contributed by atoms with E-state index >= 15 is 0 Å². The van der Waals surface area contributed by atoms with Gasteiger partial charge >= 0.3 is 5.97 Å². The van der Waals surface area contributed by atoms with E-state index < -0.39 is 27.0 Å². The second-order valence-electron chi connectivity index (χ2n) is 19.5. The Morgan fingerprint density at radius 3 is 2.20 bits per heavy atom. The summed E-state index contributed by atoms with van der Waals surface area (Å²) in [4.78, 5) is 15.8. The van der Waals surface area contributed by atoms with Crippen molar-refractivity contribution in [3.05, 3.63) is 129 Å². The number of methoxy groups -OCH3 is 2. The van der Waals surface area contributed by atoms with Crippen LogP contribution in [0.15, 0.2) is 96.6 Å². The van der Waals surface area contributed by atoms with Gasteiger partial charge < -0.3 is 29.0 Å². The van der Waals surface area contributed by atoms with Gasteiger partial charge in [-0.2, -0.15) is 4.31 Å². The lowest BCUT2D eigenvalue weighted by Crippen LogP contribution is -2.50. The minimum Gasteiger partial charge on any atom is -0.497 e. The quantitative estimate of drug-likeness (QED) is 0.0920. The number of hydrogen-bond acceptors (Lipinski definition) is 9. The van der Waals surface area contributed by atoms with Crippen LogP contribution < -0.4 is 19.1 Å². The van der Waals surface area contributed by atoms with Gasteiger partial charge in [-0.1, -0.05) is 48.0 Å². The molecule has 3 aliphatic carbocycles. The smallest absolute Gasteiger partial charge is 0.338 e. The number of halogens is 1. The fraction of sp³-hybridized carbons (Fsp3) is 0.481. The van der Waals surface area contributed by atoms with Gasteiger partial charge in [0.05, 0.1) is 43.4 Å². The molecule has 1 aliphatic heterocycles. The molecule has 0 bridgehead atoms. The van der Waals surface area contributed by atoms with Crippen LogP contribution in [0.4, 0.5) is 5.69 Å². The number of aryl methyl sites for hydroxylation is 1. The molecule has 12 heteroatoms. The molecule has 8 rings (SSSR count). The van der Waals surface area contributed by atoms with E-state index in [2.05, 4.69) is 23.1 Å². The Bertz CT molecular complexity index is 2400. The predicted molar refractivity (Wildman–Crippen MR) is 252 cm³/mol. The average Bonchev–Trinajstić information content (AvgIpc) is 3.39. The molecule has 1 fully saturated rings. The van der Waals surface area contributed by atoms with Gasteiger partial charge in [0, 0.05) is 36.6 Å². The number of aliphatic hydroxyl groups is 1. The molecule has 64 heavy (non-hydrogen) atoms. The molecule has 1 heterocycles. The number of allylic oxidation sites excluding steroid dienone is 1. The number of benzene rings is 4. The first kappa shape index (κ1) is 46.0. The number of carbonyl (C=O) groups is 1. The first-order chi connectivity index (χ1) is 30.5. The van der Waals surface area contributed by atoms with Crippen LogP contribution in [0, 0.1) is 17.8 Å². The first-order valence-electron chi connectivity index (χ1n) is 22.7. The summed E-state index contributed by atoms with van der Waals surface area (Å²) in [6.45, 7) is 9.79. The van der Waals surface area contributed by atoms with E-state index in [4.69, 9.17) is 30.5 Å². The summed E-state index contributed by atoms with van der Waals surface area (Å²) in [5.41, 5.74) is 5.71. The van der Waals surface area contributed by atoms with Crippen LogP contribution in [-0.2, 0) is 39.7 Å². The number of aliphatic hydroxyl groups excluding tert-OH is 1. The SMILES string of the molecule is COc1ccc(CN(Cc2ccc(OC)cc2)S(=O)(=O)C(C)CC2C=C([C@H](O)[C@@H]3CC[C@H]3CN3C[C@@]4(CCCc5cc(Cl)ccc54)COc4ccc(C(=O)OC(C)(C)C)cc43)C2)cc1. The summed E-state index contributed by atoms with van der Waals surface area (Å²) in [5, 5.41) is 12.0. The van der Waals surface area contributed by atoms with Gasteiger partial charge in [0.2, 0.25) is 10.0 Å². The molecule has 1 saturated carbocycles. The molecule has 0 radical (unpaired) electrons. The van der Waals surface area contributed by atoms with E-state index in [1.807, 2.05) is 87.5 Å². The van der Waals surface area contributed by atoms with Crippen molar-refractivity contribution in [2.75, 3.05) is 38.8 Å². The highest BCUT2D eigenvalue weighted by Crippen LogP contribution is 2.48. The molecule has 0 amide bonds. The normalized spacial score (nSPS) is 22.7. The summed E-state index contributed by atoms with van der Waals surface area (Å²) in [5.74, 6) is 2.11. The Hall–Kier alpha value is -4.55. The van der Waals surface area contributed by atoms with Crippen LogP contribution >= 0.6 is 11.6 Å². The fourth-order valence-electron chi connectivity index (χ4n) is 10.2. The van der Waals surface area contributed by atoms with Gasteiger partial charge in [-0.3, -0.25) is 0 Å². The van der Waals surface area contributed by atoms with Crippen LogP contribution in [0.1, 0.15) is 98.8 Å². The number of nitrogens with zero attached hydrogens (tertiary/aromatic N) is 2. The van der Waals surface area contributed by atoms with E-state index in [1.54, 1.807) is 31.5 Å². The summed E-state index contributed by atoms with van der Waals surface area (Å²) in [6.07, 6.45) is 7.48. The summed E-state index contributed by atoms with van der Waals surface area (Å²) >= 11 is 6.50. The molecular weight excluding hydrogens is 848 g/mol. The molecule has 10 nitrogen and oxygen atoms in total. The van der Waals surface area contributed by atoms with Gasteiger partial charge in [0.25, 0.3) is 0 Å². The number of esters is 1. The molecule has 6 atom stereocenters. The van der Waals surface area contributed by atoms with Gasteiger partial charge in [-0.15, -0.1) is 0 Å². The van der Waals surface area contributed by atoms with Gasteiger partial charge in [0.15, 0.2) is 0 Å². The second-order valence-corrected chi connectivity index (χ2v) is 22.3. The third-order valence-electron chi connectivity index (χ3n) is 13.9. The first-order valence-corrected chi connectivity index (χ1v) is 24.6. The minimum absolute atomic E-state index is 0.0532. The average molecular weight is 912 g/mol. The zero-order chi connectivity index (χ0) is 45.4. The zero-order valence-electron chi connectivity index (χ0n) is 38.0. The van der Waals surface area contributed by atoms with Gasteiger partial charge in [-0.25, -0.2) is 13.2 Å². The highest BCUT2D eigenvalue weighted by molar-refractivity contribution is 7.89. The Kier molecular flexibility index (Phi) is 13.5. The maximum absolute atomic E-state index is 14.4. The number of carbonyl (C=O) groups excluding carboxylic acids is 1. The highest BCUT2D eigenvalue weighted by atomic mass is 35.5. The Labute approximate surface area is 384 Å². The third-order valence-corrected chi connectivity index (χ3v) is 16.3. The second kappa shape index (κ2) is 18.7. The number of rotatable bonds is 15. The summed E-state index contributed by atoms with van der Waals surface area (Å²) in [7, 11) is -0.501. The number of sulfonamides is 1. The van der Waals surface area contributed by atoms with Crippen molar-refractivity contribution in [2.24, 2.45) is 17.8 Å². The van der Waals surface area contributed by atoms with Crippen molar-refractivity contribution >= 4 is 33.3 Å². The largest absolute Gasteiger partial charge is 0.497 e. The van der Waals surface area contributed by atoms with Crippen LogP contribution in [0.25, 0.3) is 0 Å². The molecule has 0 aromatic heterocycles. The highest BCUT2D eigenvalue weighted by Gasteiger charge is 2.46. The zero-order valence-corrected chi connectivity index (χ0v) is 39.6. The maximum atomic E-state index is 14.4. The number of anilines is 1. The lowest BCUT2D eigenvalue weighted by atomic mass is 9.65. The van der Waals surface area contributed by atoms with Crippen LogP contribution in [0.3, 0.4) is 0 Å². The predicted octanol–water partition coefficient (Wildman–Crippen LogP) is 9.93. The maximum Gasteiger partial charge on any atom is 0.338 e. The van der Waals surface area contributed by atoms with Gasteiger partial charge in [0.1, 0.15) is 22.8 Å². The van der Waals surface area contributed by atoms with Crippen molar-refractivity contribution in [1.82, 2.24) is 4.31 Å². The van der Waals surface area contributed by atoms with Gasteiger partial charge in [-0.05, 0) is 173 Å². The van der Waals surface area contributed by atoms with Crippen LogP contribution in [0.5, 0.6) is 17.2 Å². The van der Waals surface area contributed by atoms with Crippen molar-refractivity contribution in [2.45, 2.75) is 108 Å². The van der Waals surface area contributed by atoms with Crippen LogP contribution in [0.2, 0.25) is 5.02 Å². The Morgan fingerprint density at radius 2 is 1.61 bits per heavy atom. The van der Waals surface area contributed by atoms with E-state index in [9.17, 15) is 18.3 Å². The van der Waals surface area contributed by atoms with Crippen LogP contribution in [-0.4, -0.2) is 74.7 Å². The number of hydrogen-bond donors (Lipinski definition) is 1. The molecule has 342 valence electrons. The minimum atomic E-state index is -3.72. The number of ether oxygens (including phenoxy) is 4. The lowest BCUT2D eigenvalue weighted by Gasteiger charge is -2.47. The molecule has 1 spiro atoms. The standard InChI is InChI=1S/C52H63ClN2O8S/c1-34(64(58,59)55(29-35-9-16-43(60-5)17-10-35)30-36-11-18-44(61-6)19-12-36)24-37-25-41(26-37)49(56)45-20-13-40(45)31-54-32-52(23-7-8-38-27-42(53)15-21-46(38)52)33-62-48-22-14-39(28-47(48)54)50(57)63-51(2,3)4/h9-12,14-19,21-22,25,27-28,34,37,40,45,49,56H,7-8,13,20,23-24,26,29-33H2,1-6H3/t34?,37?,40-,45+,49-,52-/m0/s1. The molecule has 1 N–H and O–H groups in total. The molecular formula is C52H63ClN2O8S. The van der Waals surface area contributed by atoms with E-state index in [1.165, 1.54) is 11.1 Å². The molecule has 4 aliphatic rings. The summed E-state index contributed by atoms with van der Waals surface area (Å²) < 4.78 is 53.4. The third kappa shape index (κ3) is 9.98. The van der Waals surface area contributed by atoms with Crippen molar-refractivity contribution in [1.29, 1.82) is 0 Å². The Balaban J connectivity index is 0.976. The molecule has 4 aromatic carbocycles. The monoisotopic (exact) mass is 910 g/mol. The molecule has 4 aromatic rings. The fourth-order valence-corrected chi connectivity index (χ4v) is 12.1. The molecule has 2 unspecified atom stereocenters. The summed E-state index contributed by atoms with van der Waals surface area (Å²) in [6, 6.07) is 26.9. The molecule has 0 saturated heterocycles. The van der Waals surface area contributed by atoms with Crippen molar-refractivity contribution in [3.8, 4) is 17.2 Å². The Morgan fingerprint density at radius 1 is 0.953 bits per heavy atom.